The molecule has 162 valence electrons. The van der Waals surface area contributed by atoms with Gasteiger partial charge in [0, 0.05) is 19.1 Å². The highest BCUT2D eigenvalue weighted by atomic mass is 35.5. The molecule has 0 aromatic heterocycles. The second-order valence-corrected chi connectivity index (χ2v) is 10.3. The van der Waals surface area contributed by atoms with Gasteiger partial charge in [-0.2, -0.15) is 5.26 Å². The third kappa shape index (κ3) is 3.04. The van der Waals surface area contributed by atoms with E-state index in [4.69, 9.17) is 26.8 Å². The van der Waals surface area contributed by atoms with Gasteiger partial charge < -0.3 is 20.3 Å². The fraction of sp³-hybridized carbons (Fsp3) is 0.526. The summed E-state index contributed by atoms with van der Waals surface area (Å²) in [4.78, 5) is 24.1. The Balaban J connectivity index is 2.04. The van der Waals surface area contributed by atoms with Gasteiger partial charge in [0.1, 0.15) is 16.6 Å². The number of rotatable bonds is 7. The Morgan fingerprint density at radius 1 is 1.33 bits per heavy atom. The predicted molar refractivity (Wildman–Crippen MR) is 104 cm³/mol. The summed E-state index contributed by atoms with van der Waals surface area (Å²) in [6.07, 6.45) is -1.52. The number of aliphatic carboxylic acids is 1. The molecule has 1 amide bonds. The first kappa shape index (κ1) is 22.3. The molecule has 5 atom stereocenters. The van der Waals surface area contributed by atoms with Crippen LogP contribution < -0.4 is 10.5 Å². The smallest absolute Gasteiger partial charge is 0.312 e. The lowest BCUT2D eigenvalue weighted by Crippen LogP contribution is -2.44. The van der Waals surface area contributed by atoms with Crippen molar-refractivity contribution in [3.05, 3.63) is 23.2 Å². The molecule has 2 saturated carbocycles. The van der Waals surface area contributed by atoms with Crippen LogP contribution in [0.15, 0.2) is 23.1 Å². The lowest BCUT2D eigenvalue weighted by Gasteiger charge is -2.31. The van der Waals surface area contributed by atoms with Crippen LogP contribution in [0.1, 0.15) is 19.3 Å². The average Bonchev–Trinajstić information content (AvgIpc) is 3.32. The van der Waals surface area contributed by atoms with Gasteiger partial charge in [0.15, 0.2) is 9.84 Å². The summed E-state index contributed by atoms with van der Waals surface area (Å²) < 4.78 is 37.0. The molecule has 11 heteroatoms. The van der Waals surface area contributed by atoms with Gasteiger partial charge in [0.05, 0.1) is 34.5 Å². The first-order valence-corrected chi connectivity index (χ1v) is 11.0. The van der Waals surface area contributed by atoms with Gasteiger partial charge in [-0.15, -0.1) is 0 Å². The van der Waals surface area contributed by atoms with E-state index in [0.717, 1.165) is 0 Å². The predicted octanol–water partition coefficient (Wildman–Crippen LogP) is 1.39. The molecule has 2 aliphatic carbocycles. The Labute approximate surface area is 178 Å². The number of primary amides is 1. The number of nitrogens with zero attached hydrogens (tertiary/aromatic N) is 1. The third-order valence-corrected chi connectivity index (χ3v) is 9.04. The van der Waals surface area contributed by atoms with E-state index in [2.05, 4.69) is 0 Å². The minimum atomic E-state index is -4.04. The quantitative estimate of drug-likeness (QED) is 0.622. The number of sulfone groups is 1. The molecule has 3 rings (SSSR count). The minimum absolute atomic E-state index is 0.0499. The first-order valence-electron chi connectivity index (χ1n) is 9.06. The van der Waals surface area contributed by atoms with Crippen molar-refractivity contribution < 1.29 is 32.6 Å². The second kappa shape index (κ2) is 7.41. The van der Waals surface area contributed by atoms with Crippen LogP contribution in [0.4, 0.5) is 0 Å². The fourth-order valence-electron chi connectivity index (χ4n) is 4.68. The molecule has 3 N–H and O–H groups in total. The van der Waals surface area contributed by atoms with Crippen LogP contribution in [0, 0.1) is 28.1 Å². The summed E-state index contributed by atoms with van der Waals surface area (Å²) in [5.41, 5.74) is 1.98. The van der Waals surface area contributed by atoms with E-state index in [1.807, 2.05) is 6.07 Å². The molecule has 9 nitrogen and oxygen atoms in total. The molecule has 0 heterocycles. The molecule has 2 unspecified atom stereocenters. The van der Waals surface area contributed by atoms with Crippen molar-refractivity contribution in [2.45, 2.75) is 35.5 Å². The van der Waals surface area contributed by atoms with E-state index in [9.17, 15) is 28.4 Å². The summed E-state index contributed by atoms with van der Waals surface area (Å²) >= 11 is 6.15. The van der Waals surface area contributed by atoms with Crippen molar-refractivity contribution in [2.75, 3.05) is 14.2 Å². The number of halogens is 1. The standard InChI is InChI=1S/C19H21ClN2O7S/c1-28-10-3-4-13(12(20)5-10)30(26,27)11-6-15(29-2)19(7-11,17(24)25)14-8-18(14,9-21)16(22)23/h3-5,11,14-15H,6-8H2,1-2H3,(H2,22,23)(H,24,25)/t11-,14?,15+,18?,19+/m1/s1. The maximum Gasteiger partial charge on any atom is 0.312 e. The Bertz CT molecular complexity index is 1050. The topological polar surface area (TPSA) is 157 Å². The fourth-order valence-corrected chi connectivity index (χ4v) is 7.04. The van der Waals surface area contributed by atoms with Crippen LogP contribution >= 0.6 is 11.6 Å². The number of hydrogen-bond acceptors (Lipinski definition) is 7. The first-order chi connectivity index (χ1) is 14.0. The number of amides is 1. The third-order valence-electron chi connectivity index (χ3n) is 6.41. The molecule has 2 fully saturated rings. The lowest BCUT2D eigenvalue weighted by molar-refractivity contribution is -0.159. The SMILES string of the molecule is COc1ccc(S(=O)(=O)[C@@H]2C[C@H](OC)[C@@](C(=O)O)(C3CC3(C#N)C(N)=O)C2)c(Cl)c1. The van der Waals surface area contributed by atoms with Gasteiger partial charge in [-0.3, -0.25) is 9.59 Å². The number of carbonyl (C=O) groups is 2. The van der Waals surface area contributed by atoms with Crippen LogP contribution in [0.3, 0.4) is 0 Å². The summed E-state index contributed by atoms with van der Waals surface area (Å²) in [6.45, 7) is 0. The van der Waals surface area contributed by atoms with E-state index in [1.165, 1.54) is 32.4 Å². The molecule has 2 aliphatic rings. The number of nitrogens with two attached hydrogens (primary N) is 1. The van der Waals surface area contributed by atoms with Crippen molar-refractivity contribution in [3.63, 3.8) is 0 Å². The summed E-state index contributed by atoms with van der Waals surface area (Å²) in [5, 5.41) is 18.4. The number of nitriles is 1. The van der Waals surface area contributed by atoms with Gasteiger partial charge in [-0.25, -0.2) is 8.42 Å². The maximum atomic E-state index is 13.3. The van der Waals surface area contributed by atoms with Crippen molar-refractivity contribution in [3.8, 4) is 11.8 Å². The molecule has 0 radical (unpaired) electrons. The Kier molecular flexibility index (Phi) is 5.52. The van der Waals surface area contributed by atoms with E-state index in [1.54, 1.807) is 0 Å². The Morgan fingerprint density at radius 2 is 2.00 bits per heavy atom. The van der Waals surface area contributed by atoms with Crippen LogP contribution in [0.2, 0.25) is 5.02 Å². The van der Waals surface area contributed by atoms with E-state index < -0.39 is 49.8 Å². The van der Waals surface area contributed by atoms with Crippen molar-refractivity contribution in [2.24, 2.45) is 22.5 Å². The molecular formula is C19H21ClN2O7S. The Hall–Kier alpha value is -2.35. The number of hydrogen-bond donors (Lipinski definition) is 2. The normalized spacial score (nSPS) is 32.9. The van der Waals surface area contributed by atoms with Gasteiger partial charge in [0.2, 0.25) is 5.91 Å². The van der Waals surface area contributed by atoms with Crippen LogP contribution in [-0.2, 0) is 24.2 Å². The highest BCUT2D eigenvalue weighted by Crippen LogP contribution is 2.66. The molecule has 0 bridgehead atoms. The molecule has 0 spiro atoms. The zero-order valence-corrected chi connectivity index (χ0v) is 17.9. The summed E-state index contributed by atoms with van der Waals surface area (Å²) in [7, 11) is -1.35. The number of carbonyl (C=O) groups excluding carboxylic acids is 1. The zero-order valence-electron chi connectivity index (χ0n) is 16.3. The highest BCUT2D eigenvalue weighted by Gasteiger charge is 2.75. The molecule has 0 saturated heterocycles. The lowest BCUT2D eigenvalue weighted by atomic mass is 9.75. The number of methoxy groups -OCH3 is 2. The van der Waals surface area contributed by atoms with E-state index in [-0.39, 0.29) is 29.2 Å². The number of carboxylic acids is 1. The van der Waals surface area contributed by atoms with Crippen LogP contribution in [-0.4, -0.2) is 51.0 Å². The number of ether oxygens (including phenoxy) is 2. The van der Waals surface area contributed by atoms with Crippen molar-refractivity contribution >= 4 is 33.3 Å². The zero-order chi connectivity index (χ0) is 22.5. The van der Waals surface area contributed by atoms with E-state index in [0.29, 0.717) is 5.75 Å². The second-order valence-electron chi connectivity index (χ2n) is 7.68. The summed E-state index contributed by atoms with van der Waals surface area (Å²) in [5.74, 6) is -2.81. The number of benzene rings is 1. The maximum absolute atomic E-state index is 13.3. The average molecular weight is 457 g/mol. The highest BCUT2D eigenvalue weighted by molar-refractivity contribution is 7.92. The van der Waals surface area contributed by atoms with Crippen LogP contribution in [0.25, 0.3) is 0 Å². The van der Waals surface area contributed by atoms with Gasteiger partial charge >= 0.3 is 5.97 Å². The van der Waals surface area contributed by atoms with Crippen molar-refractivity contribution in [1.82, 2.24) is 0 Å². The molecule has 1 aromatic rings. The Morgan fingerprint density at radius 3 is 2.43 bits per heavy atom. The molecule has 1 aromatic carbocycles. The van der Waals surface area contributed by atoms with Gasteiger partial charge in [-0.05, 0) is 31.4 Å². The molecular weight excluding hydrogens is 436 g/mol. The minimum Gasteiger partial charge on any atom is -0.497 e. The number of carboxylic acid groups (broad SMARTS) is 1. The molecule has 0 aliphatic heterocycles. The van der Waals surface area contributed by atoms with Gasteiger partial charge in [0.25, 0.3) is 0 Å². The largest absolute Gasteiger partial charge is 0.497 e. The summed E-state index contributed by atoms with van der Waals surface area (Å²) in [6, 6.07) is 5.94. The van der Waals surface area contributed by atoms with E-state index >= 15 is 0 Å². The molecule has 30 heavy (non-hydrogen) atoms. The monoisotopic (exact) mass is 456 g/mol. The van der Waals surface area contributed by atoms with Crippen LogP contribution in [0.5, 0.6) is 5.75 Å². The van der Waals surface area contributed by atoms with Gasteiger partial charge in [-0.1, -0.05) is 11.6 Å². The van der Waals surface area contributed by atoms with Crippen molar-refractivity contribution in [1.29, 1.82) is 5.26 Å².